The first kappa shape index (κ1) is 13.9. The van der Waals surface area contributed by atoms with Crippen LogP contribution in [0.5, 0.6) is 0 Å². The van der Waals surface area contributed by atoms with E-state index in [9.17, 15) is 9.18 Å². The van der Waals surface area contributed by atoms with Gasteiger partial charge < -0.3 is 5.32 Å². The molecule has 1 fully saturated rings. The highest BCUT2D eigenvalue weighted by Crippen LogP contribution is 2.34. The predicted molar refractivity (Wildman–Crippen MR) is 72.6 cm³/mol. The molecule has 1 saturated carbocycles. The fourth-order valence-corrected chi connectivity index (χ4v) is 2.75. The number of carbonyl (C=O) groups excluding carboxylic acids is 1. The van der Waals surface area contributed by atoms with Crippen molar-refractivity contribution in [2.24, 2.45) is 0 Å². The van der Waals surface area contributed by atoms with Crippen LogP contribution >= 0.6 is 0 Å². The molecule has 0 aliphatic heterocycles. The van der Waals surface area contributed by atoms with Gasteiger partial charge in [0.2, 0.25) is 0 Å². The van der Waals surface area contributed by atoms with E-state index in [0.717, 1.165) is 31.9 Å². The van der Waals surface area contributed by atoms with Gasteiger partial charge in [-0.3, -0.25) is 9.69 Å². The first-order valence-corrected chi connectivity index (χ1v) is 6.61. The average Bonchev–Trinajstić information content (AvgIpc) is 2.88. The maximum atomic E-state index is 12.7. The molecule has 5 heteroatoms. The molecule has 1 heterocycles. The molecule has 0 unspecified atom stereocenters. The van der Waals surface area contributed by atoms with Crippen molar-refractivity contribution in [2.45, 2.75) is 31.2 Å². The lowest BCUT2D eigenvalue weighted by atomic mass is 9.90. The maximum Gasteiger partial charge on any atom is 0.172 e. The summed E-state index contributed by atoms with van der Waals surface area (Å²) in [6.07, 6.45) is 5.16. The standard InChI is InChI=1S/C14H20FN3O/c1-18(2)14(7-3-4-8-14)12(19)10-17-13-6-5-11(15)9-16-13/h5-6,9H,3-4,7-8,10H2,1-2H3,(H,16,17). The van der Waals surface area contributed by atoms with Gasteiger partial charge in [-0.2, -0.15) is 0 Å². The van der Waals surface area contributed by atoms with Crippen LogP contribution in [0.2, 0.25) is 0 Å². The minimum Gasteiger partial charge on any atom is -0.363 e. The van der Waals surface area contributed by atoms with Gasteiger partial charge in [-0.25, -0.2) is 9.37 Å². The van der Waals surface area contributed by atoms with Crippen molar-refractivity contribution in [3.05, 3.63) is 24.1 Å². The number of halogens is 1. The monoisotopic (exact) mass is 265 g/mol. The quantitative estimate of drug-likeness (QED) is 0.885. The third kappa shape index (κ3) is 2.92. The Hall–Kier alpha value is -1.49. The first-order chi connectivity index (χ1) is 9.04. The van der Waals surface area contributed by atoms with Crippen LogP contribution in [0.15, 0.2) is 18.3 Å². The molecule has 1 aliphatic rings. The molecule has 4 nitrogen and oxygen atoms in total. The van der Waals surface area contributed by atoms with Crippen molar-refractivity contribution in [3.8, 4) is 0 Å². The zero-order valence-electron chi connectivity index (χ0n) is 11.4. The number of hydrogen-bond donors (Lipinski definition) is 1. The van der Waals surface area contributed by atoms with Crippen LogP contribution < -0.4 is 5.32 Å². The Morgan fingerprint density at radius 1 is 1.42 bits per heavy atom. The number of carbonyl (C=O) groups is 1. The van der Waals surface area contributed by atoms with Gasteiger partial charge in [0.05, 0.1) is 18.3 Å². The number of nitrogens with zero attached hydrogens (tertiary/aromatic N) is 2. The summed E-state index contributed by atoms with van der Waals surface area (Å²) in [6.45, 7) is 0.233. The minimum absolute atomic E-state index is 0.182. The van der Waals surface area contributed by atoms with Gasteiger partial charge in [0.15, 0.2) is 5.78 Å². The van der Waals surface area contributed by atoms with E-state index in [1.165, 1.54) is 6.07 Å². The average molecular weight is 265 g/mol. The largest absolute Gasteiger partial charge is 0.363 e. The molecule has 0 radical (unpaired) electrons. The molecular weight excluding hydrogens is 245 g/mol. The summed E-state index contributed by atoms with van der Waals surface area (Å²) >= 11 is 0. The second kappa shape index (κ2) is 5.65. The third-order valence-corrected chi connectivity index (χ3v) is 3.96. The molecule has 104 valence electrons. The van der Waals surface area contributed by atoms with E-state index in [-0.39, 0.29) is 23.7 Å². The highest BCUT2D eigenvalue weighted by Gasteiger charge is 2.42. The third-order valence-electron chi connectivity index (χ3n) is 3.96. The lowest BCUT2D eigenvalue weighted by Crippen LogP contribution is -2.51. The molecule has 0 saturated heterocycles. The molecule has 1 N–H and O–H groups in total. The van der Waals surface area contributed by atoms with Crippen molar-refractivity contribution in [1.82, 2.24) is 9.88 Å². The molecule has 0 atom stereocenters. The second-order valence-electron chi connectivity index (χ2n) is 5.27. The summed E-state index contributed by atoms with van der Waals surface area (Å²) in [4.78, 5) is 18.4. The normalized spacial score (nSPS) is 17.7. The number of hydrogen-bond acceptors (Lipinski definition) is 4. The van der Waals surface area contributed by atoms with Gasteiger partial charge >= 0.3 is 0 Å². The smallest absolute Gasteiger partial charge is 0.172 e. The molecule has 0 aromatic carbocycles. The van der Waals surface area contributed by atoms with Crippen LogP contribution in [0, 0.1) is 5.82 Å². The second-order valence-corrected chi connectivity index (χ2v) is 5.27. The Labute approximate surface area is 113 Å². The van der Waals surface area contributed by atoms with Gasteiger partial charge in [0.25, 0.3) is 0 Å². The van der Waals surface area contributed by atoms with Crippen molar-refractivity contribution in [2.75, 3.05) is 26.0 Å². The molecule has 1 aliphatic carbocycles. The molecule has 0 bridgehead atoms. The zero-order chi connectivity index (χ0) is 13.9. The minimum atomic E-state index is -0.377. The number of aromatic nitrogens is 1. The fraction of sp³-hybridized carbons (Fsp3) is 0.571. The number of rotatable bonds is 5. The molecule has 0 spiro atoms. The Morgan fingerprint density at radius 2 is 2.11 bits per heavy atom. The number of ketones is 1. The molecule has 2 rings (SSSR count). The lowest BCUT2D eigenvalue weighted by molar-refractivity contribution is -0.127. The number of likely N-dealkylation sites (N-methyl/N-ethyl adjacent to an activating group) is 1. The summed E-state index contributed by atoms with van der Waals surface area (Å²) in [6, 6.07) is 2.87. The van der Waals surface area contributed by atoms with E-state index in [1.807, 2.05) is 19.0 Å². The predicted octanol–water partition coefficient (Wildman–Crippen LogP) is 2.08. The summed E-state index contributed by atoms with van der Waals surface area (Å²) in [7, 11) is 3.92. The summed E-state index contributed by atoms with van der Waals surface area (Å²) < 4.78 is 12.7. The molecule has 19 heavy (non-hydrogen) atoms. The molecule has 0 amide bonds. The van der Waals surface area contributed by atoms with E-state index in [4.69, 9.17) is 0 Å². The van der Waals surface area contributed by atoms with Crippen molar-refractivity contribution in [3.63, 3.8) is 0 Å². The van der Waals surface area contributed by atoms with Crippen molar-refractivity contribution in [1.29, 1.82) is 0 Å². The number of anilines is 1. The van der Waals surface area contributed by atoms with Crippen LogP contribution in [-0.2, 0) is 4.79 Å². The van der Waals surface area contributed by atoms with Gasteiger partial charge in [0, 0.05) is 0 Å². The summed E-state index contributed by atoms with van der Waals surface area (Å²) in [5.41, 5.74) is -0.340. The van der Waals surface area contributed by atoms with Gasteiger partial charge in [-0.15, -0.1) is 0 Å². The van der Waals surface area contributed by atoms with E-state index in [1.54, 1.807) is 6.07 Å². The van der Waals surface area contributed by atoms with Crippen LogP contribution in [0.3, 0.4) is 0 Å². The lowest BCUT2D eigenvalue weighted by Gasteiger charge is -2.34. The topological polar surface area (TPSA) is 45.2 Å². The Morgan fingerprint density at radius 3 is 2.63 bits per heavy atom. The SMILES string of the molecule is CN(C)C1(C(=O)CNc2ccc(F)cn2)CCCC1. The van der Waals surface area contributed by atoms with Crippen molar-refractivity contribution < 1.29 is 9.18 Å². The van der Waals surface area contributed by atoms with Crippen LogP contribution in [0.1, 0.15) is 25.7 Å². The summed E-state index contributed by atoms with van der Waals surface area (Å²) in [5.74, 6) is 0.334. The summed E-state index contributed by atoms with van der Waals surface area (Å²) in [5, 5.41) is 2.97. The van der Waals surface area contributed by atoms with Gasteiger partial charge in [-0.05, 0) is 39.1 Å². The Balaban J connectivity index is 1.98. The molecule has 1 aromatic heterocycles. The van der Waals surface area contributed by atoms with Crippen LogP contribution in [0.4, 0.5) is 10.2 Å². The van der Waals surface area contributed by atoms with Gasteiger partial charge in [0.1, 0.15) is 11.6 Å². The number of nitrogens with one attached hydrogen (secondary N) is 1. The fourth-order valence-electron chi connectivity index (χ4n) is 2.75. The maximum absolute atomic E-state index is 12.7. The Bertz CT molecular complexity index is 439. The first-order valence-electron chi connectivity index (χ1n) is 6.61. The van der Waals surface area contributed by atoms with Crippen LogP contribution in [0.25, 0.3) is 0 Å². The highest BCUT2D eigenvalue weighted by molar-refractivity contribution is 5.92. The molecule has 1 aromatic rings. The van der Waals surface area contributed by atoms with Gasteiger partial charge in [-0.1, -0.05) is 12.8 Å². The highest BCUT2D eigenvalue weighted by atomic mass is 19.1. The zero-order valence-corrected chi connectivity index (χ0v) is 11.4. The van der Waals surface area contributed by atoms with E-state index < -0.39 is 0 Å². The van der Waals surface area contributed by atoms with Crippen molar-refractivity contribution >= 4 is 11.6 Å². The number of pyridine rings is 1. The van der Waals surface area contributed by atoms with E-state index >= 15 is 0 Å². The van der Waals surface area contributed by atoms with E-state index in [0.29, 0.717) is 5.82 Å². The van der Waals surface area contributed by atoms with E-state index in [2.05, 4.69) is 10.3 Å². The molecular formula is C14H20FN3O. The van der Waals surface area contributed by atoms with Crippen LogP contribution in [-0.4, -0.2) is 41.8 Å². The Kier molecular flexibility index (Phi) is 4.14. The number of Topliss-reactive ketones (excluding diaryl/α,β-unsaturated/α-hetero) is 1.